The van der Waals surface area contributed by atoms with E-state index in [9.17, 15) is 9.36 Å². The van der Waals surface area contributed by atoms with E-state index in [1.54, 1.807) is 13.8 Å². The molecule has 96 valence electrons. The average molecular weight is 269 g/mol. The lowest BCUT2D eigenvalue weighted by Gasteiger charge is -2.15. The summed E-state index contributed by atoms with van der Waals surface area (Å²) in [5.74, 6) is -0.0523. The van der Waals surface area contributed by atoms with Crippen LogP contribution in [0.1, 0.15) is 27.2 Å². The number of rotatable bonds is 9. The first-order valence-corrected chi connectivity index (χ1v) is 8.51. The summed E-state index contributed by atoms with van der Waals surface area (Å²) in [5.41, 5.74) is 0. The highest BCUT2D eigenvalue weighted by Crippen LogP contribution is 2.60. The Labute approximate surface area is 101 Å². The second-order valence-corrected chi connectivity index (χ2v) is 6.98. The molecule has 0 saturated carbocycles. The Bertz CT molecular complexity index is 240. The van der Waals surface area contributed by atoms with E-state index >= 15 is 0 Å². The van der Waals surface area contributed by atoms with Crippen molar-refractivity contribution >= 4 is 24.1 Å². The molecule has 1 N–H and O–H groups in total. The number of carbonyl (C=O) groups excluding carboxylic acids is 1. The lowest BCUT2D eigenvalue weighted by molar-refractivity contribution is -0.118. The van der Waals surface area contributed by atoms with E-state index in [0.29, 0.717) is 19.8 Å². The molecule has 7 heteroatoms. The van der Waals surface area contributed by atoms with Crippen molar-refractivity contribution in [1.29, 1.82) is 0 Å². The second-order valence-electron chi connectivity index (χ2n) is 2.91. The van der Waals surface area contributed by atoms with E-state index in [0.717, 1.165) is 17.8 Å². The number of nitrogens with one attached hydrogen (secondary N) is 1. The third kappa shape index (κ3) is 7.28. The standard InChI is InChI=1S/C9H20NO4PS/c1-4-7-10-9(11)8-16-15(12,13-5-2)14-6-3/h4-8H2,1-3H3,(H,10,11). The van der Waals surface area contributed by atoms with Gasteiger partial charge in [0.1, 0.15) is 0 Å². The Balaban J connectivity index is 4.01. The fourth-order valence-electron chi connectivity index (χ4n) is 0.881. The van der Waals surface area contributed by atoms with Gasteiger partial charge in [-0.25, -0.2) is 4.57 Å². The molecule has 0 aliphatic carbocycles. The van der Waals surface area contributed by atoms with Crippen LogP contribution in [0.2, 0.25) is 0 Å². The fourth-order valence-corrected chi connectivity index (χ4v) is 4.02. The van der Waals surface area contributed by atoms with Crippen LogP contribution in [0.5, 0.6) is 0 Å². The zero-order valence-corrected chi connectivity index (χ0v) is 11.7. The average Bonchev–Trinajstić information content (AvgIpc) is 2.24. The quantitative estimate of drug-likeness (QED) is 0.651. The van der Waals surface area contributed by atoms with Crippen LogP contribution in [-0.2, 0) is 18.4 Å². The molecule has 0 bridgehead atoms. The normalized spacial score (nSPS) is 11.4. The van der Waals surface area contributed by atoms with Crippen molar-refractivity contribution < 1.29 is 18.4 Å². The van der Waals surface area contributed by atoms with Crippen molar-refractivity contribution in [2.75, 3.05) is 25.5 Å². The minimum absolute atomic E-state index is 0.0945. The largest absolute Gasteiger partial charge is 0.389 e. The molecule has 16 heavy (non-hydrogen) atoms. The first-order chi connectivity index (χ1) is 7.58. The van der Waals surface area contributed by atoms with Crippen molar-refractivity contribution in [1.82, 2.24) is 5.32 Å². The maximum atomic E-state index is 11.9. The van der Waals surface area contributed by atoms with Gasteiger partial charge in [0.25, 0.3) is 0 Å². The van der Waals surface area contributed by atoms with Gasteiger partial charge >= 0.3 is 6.80 Å². The topological polar surface area (TPSA) is 64.6 Å². The SMILES string of the molecule is CCCNC(=O)CSP(=O)(OCC)OCC. The number of carbonyl (C=O) groups is 1. The molecule has 0 radical (unpaired) electrons. The molecule has 0 rings (SSSR count). The van der Waals surface area contributed by atoms with Gasteiger partial charge in [0, 0.05) is 6.54 Å². The van der Waals surface area contributed by atoms with Crippen LogP contribution < -0.4 is 5.32 Å². The van der Waals surface area contributed by atoms with Crippen molar-refractivity contribution in [2.45, 2.75) is 27.2 Å². The van der Waals surface area contributed by atoms with Crippen molar-refractivity contribution in [3.8, 4) is 0 Å². The Morgan fingerprint density at radius 1 is 1.25 bits per heavy atom. The molecule has 0 unspecified atom stereocenters. The zero-order valence-electron chi connectivity index (χ0n) is 10.0. The van der Waals surface area contributed by atoms with Crippen LogP contribution in [0.15, 0.2) is 0 Å². The van der Waals surface area contributed by atoms with Gasteiger partial charge in [-0.2, -0.15) is 0 Å². The molecule has 0 atom stereocenters. The molecular formula is C9H20NO4PS. The first-order valence-electron chi connectivity index (χ1n) is 5.38. The van der Waals surface area contributed by atoms with Gasteiger partial charge in [0.2, 0.25) is 5.91 Å². The highest BCUT2D eigenvalue weighted by Gasteiger charge is 2.25. The predicted molar refractivity (Wildman–Crippen MR) is 66.6 cm³/mol. The maximum Gasteiger partial charge on any atom is 0.389 e. The van der Waals surface area contributed by atoms with Crippen molar-refractivity contribution in [3.05, 3.63) is 0 Å². The zero-order chi connectivity index (χ0) is 12.4. The lowest BCUT2D eigenvalue weighted by Crippen LogP contribution is -2.25. The van der Waals surface area contributed by atoms with Gasteiger partial charge < -0.3 is 14.4 Å². The summed E-state index contributed by atoms with van der Waals surface area (Å²) in [5, 5.41) is 2.70. The summed E-state index contributed by atoms with van der Waals surface area (Å²) in [6.07, 6.45) is 0.880. The minimum atomic E-state index is -3.15. The minimum Gasteiger partial charge on any atom is -0.355 e. The molecule has 5 nitrogen and oxygen atoms in total. The van der Waals surface area contributed by atoms with E-state index in [2.05, 4.69) is 5.32 Å². The number of hydrogen-bond donors (Lipinski definition) is 1. The Hall–Kier alpha value is -0.0300. The first kappa shape index (κ1) is 16.0. The van der Waals surface area contributed by atoms with Crippen LogP contribution in [0.4, 0.5) is 0 Å². The smallest absolute Gasteiger partial charge is 0.355 e. The monoisotopic (exact) mass is 269 g/mol. The van der Waals surface area contributed by atoms with E-state index in [1.165, 1.54) is 0 Å². The van der Waals surface area contributed by atoms with Gasteiger partial charge in [-0.1, -0.05) is 6.92 Å². The Morgan fingerprint density at radius 2 is 1.81 bits per heavy atom. The summed E-state index contributed by atoms with van der Waals surface area (Å²) in [6, 6.07) is 0. The molecule has 0 spiro atoms. The molecule has 0 heterocycles. The van der Waals surface area contributed by atoms with Crippen LogP contribution in [0.3, 0.4) is 0 Å². The maximum absolute atomic E-state index is 11.9. The van der Waals surface area contributed by atoms with Crippen LogP contribution in [0, 0.1) is 0 Å². The molecular weight excluding hydrogens is 249 g/mol. The molecule has 0 aromatic rings. The van der Waals surface area contributed by atoms with Gasteiger partial charge in [0.05, 0.1) is 19.0 Å². The van der Waals surface area contributed by atoms with Crippen LogP contribution >= 0.6 is 18.2 Å². The highest BCUT2D eigenvalue weighted by atomic mass is 32.7. The molecule has 0 aromatic carbocycles. The van der Waals surface area contributed by atoms with E-state index in [-0.39, 0.29) is 11.7 Å². The molecule has 0 fully saturated rings. The van der Waals surface area contributed by atoms with E-state index < -0.39 is 6.80 Å². The molecule has 0 aliphatic heterocycles. The van der Waals surface area contributed by atoms with Gasteiger partial charge in [-0.3, -0.25) is 4.79 Å². The highest BCUT2D eigenvalue weighted by molar-refractivity contribution is 8.55. The van der Waals surface area contributed by atoms with Crippen molar-refractivity contribution in [3.63, 3.8) is 0 Å². The van der Waals surface area contributed by atoms with Gasteiger partial charge in [-0.05, 0) is 31.7 Å². The van der Waals surface area contributed by atoms with Crippen LogP contribution in [0.25, 0.3) is 0 Å². The van der Waals surface area contributed by atoms with Crippen LogP contribution in [-0.4, -0.2) is 31.4 Å². The summed E-state index contributed by atoms with van der Waals surface area (Å²) in [4.78, 5) is 11.3. The van der Waals surface area contributed by atoms with E-state index in [1.807, 2.05) is 6.92 Å². The Morgan fingerprint density at radius 3 is 2.25 bits per heavy atom. The van der Waals surface area contributed by atoms with Crippen molar-refractivity contribution in [2.24, 2.45) is 0 Å². The fraction of sp³-hybridized carbons (Fsp3) is 0.889. The molecule has 0 saturated heterocycles. The third-order valence-electron chi connectivity index (χ3n) is 1.50. The Kier molecular flexibility index (Phi) is 9.03. The summed E-state index contributed by atoms with van der Waals surface area (Å²) >= 11 is 0.931. The summed E-state index contributed by atoms with van der Waals surface area (Å²) in [6.45, 7) is 3.55. The second kappa shape index (κ2) is 9.05. The number of amides is 1. The summed E-state index contributed by atoms with van der Waals surface area (Å²) in [7, 11) is 0. The molecule has 0 aliphatic rings. The summed E-state index contributed by atoms with van der Waals surface area (Å²) < 4.78 is 22.0. The molecule has 0 aromatic heterocycles. The predicted octanol–water partition coefficient (Wildman–Crippen LogP) is 2.43. The third-order valence-corrected chi connectivity index (χ3v) is 5.33. The van der Waals surface area contributed by atoms with E-state index in [4.69, 9.17) is 9.05 Å². The lowest BCUT2D eigenvalue weighted by atomic mass is 10.5. The molecule has 1 amide bonds. The number of hydrogen-bond acceptors (Lipinski definition) is 5. The van der Waals surface area contributed by atoms with Gasteiger partial charge in [-0.15, -0.1) is 0 Å². The van der Waals surface area contributed by atoms with Gasteiger partial charge in [0.15, 0.2) is 0 Å².